The first kappa shape index (κ1) is 10.3. The highest BCUT2D eigenvalue weighted by atomic mass is 16.1. The molecule has 0 atom stereocenters. The van der Waals surface area contributed by atoms with E-state index in [2.05, 4.69) is 47.4 Å². The van der Waals surface area contributed by atoms with Crippen LogP contribution in [0.4, 0.5) is 5.69 Å². The number of fused-ring (bicyclic) bond motifs is 1. The van der Waals surface area contributed by atoms with Crippen molar-refractivity contribution < 1.29 is 4.79 Å². The van der Waals surface area contributed by atoms with Gasteiger partial charge in [-0.25, -0.2) is 0 Å². The van der Waals surface area contributed by atoms with E-state index in [1.807, 2.05) is 0 Å². The first-order valence-corrected chi connectivity index (χ1v) is 6.09. The van der Waals surface area contributed by atoms with Gasteiger partial charge >= 0.3 is 0 Å². The van der Waals surface area contributed by atoms with Crippen molar-refractivity contribution in [3.05, 3.63) is 42.5 Å². The van der Waals surface area contributed by atoms with Crippen LogP contribution in [0.15, 0.2) is 42.5 Å². The lowest BCUT2D eigenvalue weighted by Crippen LogP contribution is -2.33. The van der Waals surface area contributed by atoms with Gasteiger partial charge in [-0.2, -0.15) is 0 Å². The highest BCUT2D eigenvalue weighted by Crippen LogP contribution is 2.28. The molecule has 2 heteroatoms. The van der Waals surface area contributed by atoms with E-state index >= 15 is 0 Å². The number of carbonyl (C=O) groups excluding carboxylic acids is 1. The molecule has 0 amide bonds. The zero-order valence-corrected chi connectivity index (χ0v) is 9.73. The van der Waals surface area contributed by atoms with Gasteiger partial charge in [0.1, 0.15) is 5.78 Å². The van der Waals surface area contributed by atoms with E-state index in [4.69, 9.17) is 0 Å². The highest BCUT2D eigenvalue weighted by Gasteiger charge is 2.17. The van der Waals surface area contributed by atoms with E-state index in [1.54, 1.807) is 0 Å². The summed E-state index contributed by atoms with van der Waals surface area (Å²) in [4.78, 5) is 13.6. The van der Waals surface area contributed by atoms with Gasteiger partial charge in [0.25, 0.3) is 0 Å². The van der Waals surface area contributed by atoms with Crippen LogP contribution in [0, 0.1) is 0 Å². The van der Waals surface area contributed by atoms with Gasteiger partial charge in [-0.15, -0.1) is 0 Å². The Balaban J connectivity index is 2.02. The summed E-state index contributed by atoms with van der Waals surface area (Å²) in [5, 5.41) is 2.55. The molecule has 0 radical (unpaired) electrons. The maximum absolute atomic E-state index is 11.3. The molecule has 3 rings (SSSR count). The molecular formula is C15H15NO. The molecule has 1 fully saturated rings. The fourth-order valence-electron chi connectivity index (χ4n) is 2.48. The number of benzene rings is 2. The van der Waals surface area contributed by atoms with Crippen molar-refractivity contribution in [2.45, 2.75) is 12.8 Å². The summed E-state index contributed by atoms with van der Waals surface area (Å²) in [5.41, 5.74) is 1.26. The number of carbonyl (C=O) groups is 1. The molecule has 2 aromatic rings. The number of hydrogen-bond donors (Lipinski definition) is 0. The third-order valence-electron chi connectivity index (χ3n) is 3.43. The summed E-state index contributed by atoms with van der Waals surface area (Å²) < 4.78 is 0. The van der Waals surface area contributed by atoms with Crippen molar-refractivity contribution in [3.63, 3.8) is 0 Å². The van der Waals surface area contributed by atoms with E-state index in [9.17, 15) is 4.79 Å². The molecule has 0 saturated carbocycles. The fourth-order valence-corrected chi connectivity index (χ4v) is 2.48. The number of nitrogens with zero attached hydrogens (tertiary/aromatic N) is 1. The molecule has 1 heterocycles. The summed E-state index contributed by atoms with van der Waals surface area (Å²) in [6.45, 7) is 1.71. The van der Waals surface area contributed by atoms with Crippen LogP contribution >= 0.6 is 0 Å². The van der Waals surface area contributed by atoms with Gasteiger partial charge in [-0.05, 0) is 11.5 Å². The molecule has 1 aliphatic rings. The van der Waals surface area contributed by atoms with E-state index in [-0.39, 0.29) is 0 Å². The van der Waals surface area contributed by atoms with Gasteiger partial charge in [0.15, 0.2) is 0 Å². The first-order valence-electron chi connectivity index (χ1n) is 6.09. The topological polar surface area (TPSA) is 20.3 Å². The fraction of sp³-hybridized carbons (Fsp3) is 0.267. The van der Waals surface area contributed by atoms with Crippen molar-refractivity contribution in [2.75, 3.05) is 18.0 Å². The predicted octanol–water partition coefficient (Wildman–Crippen LogP) is 3.01. The number of ketones is 1. The van der Waals surface area contributed by atoms with Crippen LogP contribution in [-0.2, 0) is 4.79 Å². The highest BCUT2D eigenvalue weighted by molar-refractivity contribution is 5.95. The Labute approximate surface area is 101 Å². The number of anilines is 1. The van der Waals surface area contributed by atoms with E-state index in [0.29, 0.717) is 18.6 Å². The van der Waals surface area contributed by atoms with Gasteiger partial charge in [-0.1, -0.05) is 36.4 Å². The van der Waals surface area contributed by atoms with Crippen LogP contribution in [0.25, 0.3) is 10.8 Å². The Morgan fingerprint density at radius 3 is 2.41 bits per heavy atom. The summed E-state index contributed by atoms with van der Waals surface area (Å²) in [6.07, 6.45) is 1.37. The molecular weight excluding hydrogens is 210 g/mol. The summed E-state index contributed by atoms with van der Waals surface area (Å²) >= 11 is 0. The van der Waals surface area contributed by atoms with E-state index in [1.165, 1.54) is 16.5 Å². The van der Waals surface area contributed by atoms with Crippen molar-refractivity contribution in [3.8, 4) is 0 Å². The lowest BCUT2D eigenvalue weighted by molar-refractivity contribution is -0.119. The van der Waals surface area contributed by atoms with Crippen LogP contribution in [0.5, 0.6) is 0 Å². The van der Waals surface area contributed by atoms with Crippen LogP contribution in [0.3, 0.4) is 0 Å². The average molecular weight is 225 g/mol. The molecule has 0 N–H and O–H groups in total. The quantitative estimate of drug-likeness (QED) is 0.743. The van der Waals surface area contributed by atoms with Crippen LogP contribution in [-0.4, -0.2) is 18.9 Å². The standard InChI is InChI=1S/C15H15NO/c17-13-8-10-16(11-9-13)15-7-3-5-12-4-1-2-6-14(12)15/h1-7H,8-11H2. The van der Waals surface area contributed by atoms with Crippen LogP contribution < -0.4 is 4.90 Å². The van der Waals surface area contributed by atoms with Gasteiger partial charge in [0, 0.05) is 37.0 Å². The van der Waals surface area contributed by atoms with Crippen molar-refractivity contribution in [2.24, 2.45) is 0 Å². The van der Waals surface area contributed by atoms with Crippen molar-refractivity contribution >= 4 is 22.2 Å². The Kier molecular flexibility index (Phi) is 2.56. The molecule has 0 aliphatic carbocycles. The maximum atomic E-state index is 11.3. The molecule has 2 nitrogen and oxygen atoms in total. The average Bonchev–Trinajstić information content (AvgIpc) is 2.39. The molecule has 1 aliphatic heterocycles. The van der Waals surface area contributed by atoms with Gasteiger partial charge in [-0.3, -0.25) is 4.79 Å². The first-order chi connectivity index (χ1) is 8.34. The van der Waals surface area contributed by atoms with Crippen LogP contribution in [0.1, 0.15) is 12.8 Å². The second-order valence-electron chi connectivity index (χ2n) is 4.52. The predicted molar refractivity (Wildman–Crippen MR) is 70.4 cm³/mol. The molecule has 2 aromatic carbocycles. The van der Waals surface area contributed by atoms with Gasteiger partial charge in [0.05, 0.1) is 0 Å². The van der Waals surface area contributed by atoms with Crippen molar-refractivity contribution in [1.82, 2.24) is 0 Å². The third-order valence-corrected chi connectivity index (χ3v) is 3.43. The second kappa shape index (κ2) is 4.21. The Morgan fingerprint density at radius 1 is 0.882 bits per heavy atom. The van der Waals surface area contributed by atoms with Gasteiger partial charge in [0.2, 0.25) is 0 Å². The molecule has 0 unspecified atom stereocenters. The number of piperidine rings is 1. The Morgan fingerprint density at radius 2 is 1.59 bits per heavy atom. The summed E-state index contributed by atoms with van der Waals surface area (Å²) in [6, 6.07) is 14.8. The minimum atomic E-state index is 0.390. The normalized spacial score (nSPS) is 16.5. The largest absolute Gasteiger partial charge is 0.370 e. The van der Waals surface area contributed by atoms with E-state index in [0.717, 1.165) is 13.1 Å². The molecule has 1 saturated heterocycles. The minimum absolute atomic E-state index is 0.390. The minimum Gasteiger partial charge on any atom is -0.370 e. The summed E-state index contributed by atoms with van der Waals surface area (Å²) in [5.74, 6) is 0.390. The maximum Gasteiger partial charge on any atom is 0.136 e. The Hall–Kier alpha value is -1.83. The molecule has 0 spiro atoms. The zero-order valence-electron chi connectivity index (χ0n) is 9.73. The Bertz CT molecular complexity index is 546. The smallest absolute Gasteiger partial charge is 0.136 e. The van der Waals surface area contributed by atoms with Gasteiger partial charge < -0.3 is 4.90 Å². The van der Waals surface area contributed by atoms with Crippen LogP contribution in [0.2, 0.25) is 0 Å². The monoisotopic (exact) mass is 225 g/mol. The lowest BCUT2D eigenvalue weighted by Gasteiger charge is -2.29. The second-order valence-corrected chi connectivity index (χ2v) is 4.52. The third kappa shape index (κ3) is 1.91. The zero-order chi connectivity index (χ0) is 11.7. The SMILES string of the molecule is O=C1CCN(c2cccc3ccccc23)CC1. The lowest BCUT2D eigenvalue weighted by atomic mass is 10.0. The van der Waals surface area contributed by atoms with E-state index < -0.39 is 0 Å². The number of Topliss-reactive ketones (excluding diaryl/α,β-unsaturated/α-hetero) is 1. The number of rotatable bonds is 1. The van der Waals surface area contributed by atoms with Crippen molar-refractivity contribution in [1.29, 1.82) is 0 Å². The molecule has 17 heavy (non-hydrogen) atoms. The summed E-state index contributed by atoms with van der Waals surface area (Å²) in [7, 11) is 0. The number of hydrogen-bond acceptors (Lipinski definition) is 2. The molecule has 0 bridgehead atoms. The molecule has 86 valence electrons. The molecule has 0 aromatic heterocycles.